The highest BCUT2D eigenvalue weighted by Gasteiger charge is 2.17. The zero-order chi connectivity index (χ0) is 14.0. The van der Waals surface area contributed by atoms with Crippen LogP contribution < -0.4 is 4.90 Å². The smallest absolute Gasteiger partial charge is 0.259 e. The molecule has 19 heavy (non-hydrogen) atoms. The molecule has 2 aromatic carbocycles. The highest BCUT2D eigenvalue weighted by molar-refractivity contribution is 6.34. The maximum Gasteiger partial charge on any atom is 0.259 e. The fourth-order valence-corrected chi connectivity index (χ4v) is 1.86. The number of hydrogen-bond acceptors (Lipinski definition) is 2. The van der Waals surface area contributed by atoms with E-state index < -0.39 is 11.7 Å². The van der Waals surface area contributed by atoms with Crippen molar-refractivity contribution in [3.05, 3.63) is 58.9 Å². The van der Waals surface area contributed by atoms with E-state index in [4.69, 9.17) is 11.6 Å². The van der Waals surface area contributed by atoms with E-state index >= 15 is 0 Å². The second-order valence-electron chi connectivity index (χ2n) is 4.01. The van der Waals surface area contributed by atoms with Crippen LogP contribution in [0.5, 0.6) is 5.75 Å². The van der Waals surface area contributed by atoms with Gasteiger partial charge in [-0.1, -0.05) is 17.7 Å². The van der Waals surface area contributed by atoms with Gasteiger partial charge in [-0.2, -0.15) is 0 Å². The molecule has 0 saturated carbocycles. The molecule has 3 nitrogen and oxygen atoms in total. The van der Waals surface area contributed by atoms with Crippen LogP contribution in [0.3, 0.4) is 0 Å². The van der Waals surface area contributed by atoms with Crippen LogP contribution in [0.2, 0.25) is 5.02 Å². The predicted octanol–water partition coefficient (Wildman–Crippen LogP) is 3.46. The molecule has 1 amide bonds. The number of amides is 1. The largest absolute Gasteiger partial charge is 0.508 e. The molecule has 0 aliphatic carbocycles. The number of halogens is 2. The van der Waals surface area contributed by atoms with Gasteiger partial charge in [0.05, 0.1) is 10.6 Å². The first kappa shape index (κ1) is 13.4. The quantitative estimate of drug-likeness (QED) is 0.914. The molecular weight excluding hydrogens is 269 g/mol. The second-order valence-corrected chi connectivity index (χ2v) is 4.42. The van der Waals surface area contributed by atoms with Crippen molar-refractivity contribution < 1.29 is 14.3 Å². The van der Waals surface area contributed by atoms with Gasteiger partial charge < -0.3 is 10.0 Å². The molecule has 0 heterocycles. The molecule has 5 heteroatoms. The number of phenols is 1. The van der Waals surface area contributed by atoms with Crippen molar-refractivity contribution in [2.24, 2.45) is 0 Å². The van der Waals surface area contributed by atoms with Crippen molar-refractivity contribution in [1.29, 1.82) is 0 Å². The van der Waals surface area contributed by atoms with Crippen LogP contribution in [0.25, 0.3) is 0 Å². The zero-order valence-electron chi connectivity index (χ0n) is 10.1. The number of aromatic hydroxyl groups is 1. The van der Waals surface area contributed by atoms with Crippen molar-refractivity contribution in [2.45, 2.75) is 0 Å². The van der Waals surface area contributed by atoms with Gasteiger partial charge in [-0.25, -0.2) is 4.39 Å². The Bertz CT molecular complexity index is 631. The molecule has 0 aromatic heterocycles. The number of phenolic OH excluding ortho intramolecular Hbond substituents is 1. The lowest BCUT2D eigenvalue weighted by Gasteiger charge is -2.18. The van der Waals surface area contributed by atoms with E-state index in [1.807, 2.05) is 0 Å². The Morgan fingerprint density at radius 2 is 2.00 bits per heavy atom. The fraction of sp³-hybridized carbons (Fsp3) is 0.0714. The maximum absolute atomic E-state index is 13.1. The Labute approximate surface area is 114 Å². The summed E-state index contributed by atoms with van der Waals surface area (Å²) in [6.45, 7) is 0. The first-order valence-corrected chi connectivity index (χ1v) is 5.89. The van der Waals surface area contributed by atoms with E-state index in [1.165, 1.54) is 48.3 Å². The topological polar surface area (TPSA) is 40.5 Å². The van der Waals surface area contributed by atoms with E-state index in [2.05, 4.69) is 0 Å². The van der Waals surface area contributed by atoms with Crippen molar-refractivity contribution in [3.63, 3.8) is 0 Å². The normalized spacial score (nSPS) is 10.3. The first-order valence-electron chi connectivity index (χ1n) is 5.51. The Hall–Kier alpha value is -2.07. The standard InChI is InChI=1S/C14H11ClFNO2/c1-17(10-4-2-3-9(16)7-10)14(19)12-8-11(18)5-6-13(12)15/h2-8,18H,1H3. The minimum atomic E-state index is -0.431. The number of carbonyl (C=O) groups excluding carboxylic acids is 1. The Morgan fingerprint density at radius 1 is 1.26 bits per heavy atom. The van der Waals surface area contributed by atoms with Gasteiger partial charge in [-0.15, -0.1) is 0 Å². The summed E-state index contributed by atoms with van der Waals surface area (Å²) in [5, 5.41) is 9.62. The number of benzene rings is 2. The number of rotatable bonds is 2. The summed E-state index contributed by atoms with van der Waals surface area (Å²) in [6, 6.07) is 9.76. The van der Waals surface area contributed by atoms with Crippen molar-refractivity contribution in [1.82, 2.24) is 0 Å². The summed E-state index contributed by atoms with van der Waals surface area (Å²) >= 11 is 5.92. The van der Waals surface area contributed by atoms with Crippen LogP contribution in [-0.2, 0) is 0 Å². The average molecular weight is 280 g/mol. The van der Waals surface area contributed by atoms with Gasteiger partial charge in [-0.05, 0) is 36.4 Å². The van der Waals surface area contributed by atoms with Gasteiger partial charge in [0.15, 0.2) is 0 Å². The first-order chi connectivity index (χ1) is 8.99. The Morgan fingerprint density at radius 3 is 2.68 bits per heavy atom. The van der Waals surface area contributed by atoms with Crippen LogP contribution in [0.15, 0.2) is 42.5 Å². The van der Waals surface area contributed by atoms with E-state index in [-0.39, 0.29) is 16.3 Å². The Balaban J connectivity index is 2.36. The lowest BCUT2D eigenvalue weighted by atomic mass is 10.1. The molecule has 0 atom stereocenters. The summed E-state index contributed by atoms with van der Waals surface area (Å²) in [7, 11) is 1.51. The molecule has 0 bridgehead atoms. The number of anilines is 1. The number of nitrogens with zero attached hydrogens (tertiary/aromatic N) is 1. The van der Waals surface area contributed by atoms with Gasteiger partial charge in [-0.3, -0.25) is 4.79 Å². The minimum Gasteiger partial charge on any atom is -0.508 e. The average Bonchev–Trinajstić information content (AvgIpc) is 2.40. The fourth-order valence-electron chi connectivity index (χ4n) is 1.66. The SMILES string of the molecule is CN(C(=O)c1cc(O)ccc1Cl)c1cccc(F)c1. The third kappa shape index (κ3) is 2.85. The van der Waals surface area contributed by atoms with E-state index in [0.717, 1.165) is 0 Å². The second kappa shape index (κ2) is 5.28. The maximum atomic E-state index is 13.1. The zero-order valence-corrected chi connectivity index (χ0v) is 10.9. The molecule has 1 N–H and O–H groups in total. The molecule has 0 aliphatic rings. The molecule has 0 fully saturated rings. The summed E-state index contributed by atoms with van der Waals surface area (Å²) in [5.41, 5.74) is 0.567. The van der Waals surface area contributed by atoms with Crippen LogP contribution >= 0.6 is 11.6 Å². The minimum absolute atomic E-state index is 0.0552. The van der Waals surface area contributed by atoms with Crippen LogP contribution in [0.1, 0.15) is 10.4 Å². The molecule has 0 aliphatic heterocycles. The molecular formula is C14H11ClFNO2. The van der Waals surface area contributed by atoms with Gasteiger partial charge in [0, 0.05) is 12.7 Å². The highest BCUT2D eigenvalue weighted by atomic mass is 35.5. The monoisotopic (exact) mass is 279 g/mol. The van der Waals surface area contributed by atoms with Crippen LogP contribution in [0.4, 0.5) is 10.1 Å². The number of hydrogen-bond donors (Lipinski definition) is 1. The lowest BCUT2D eigenvalue weighted by molar-refractivity contribution is 0.0993. The lowest BCUT2D eigenvalue weighted by Crippen LogP contribution is -2.26. The van der Waals surface area contributed by atoms with Gasteiger partial charge in [0.1, 0.15) is 11.6 Å². The summed E-state index contributed by atoms with van der Waals surface area (Å²) in [5.74, 6) is -0.911. The van der Waals surface area contributed by atoms with Crippen molar-refractivity contribution in [3.8, 4) is 5.75 Å². The summed E-state index contributed by atoms with van der Waals surface area (Å²) < 4.78 is 13.1. The third-order valence-electron chi connectivity index (χ3n) is 2.68. The van der Waals surface area contributed by atoms with Crippen LogP contribution in [-0.4, -0.2) is 18.1 Å². The predicted molar refractivity (Wildman–Crippen MR) is 72.3 cm³/mol. The third-order valence-corrected chi connectivity index (χ3v) is 3.01. The summed E-state index contributed by atoms with van der Waals surface area (Å²) in [6.07, 6.45) is 0. The van der Waals surface area contributed by atoms with Crippen LogP contribution in [0, 0.1) is 5.82 Å². The van der Waals surface area contributed by atoms with Gasteiger partial charge in [0.25, 0.3) is 5.91 Å². The van der Waals surface area contributed by atoms with Gasteiger partial charge >= 0.3 is 0 Å². The molecule has 0 saturated heterocycles. The van der Waals surface area contributed by atoms with E-state index in [1.54, 1.807) is 6.07 Å². The van der Waals surface area contributed by atoms with Crippen molar-refractivity contribution >= 4 is 23.2 Å². The van der Waals surface area contributed by atoms with E-state index in [0.29, 0.717) is 5.69 Å². The molecule has 0 radical (unpaired) electrons. The molecule has 2 rings (SSSR count). The van der Waals surface area contributed by atoms with Gasteiger partial charge in [0.2, 0.25) is 0 Å². The molecule has 0 unspecified atom stereocenters. The Kier molecular flexibility index (Phi) is 3.71. The van der Waals surface area contributed by atoms with Crippen molar-refractivity contribution in [2.75, 3.05) is 11.9 Å². The molecule has 2 aromatic rings. The molecule has 0 spiro atoms. The molecule has 98 valence electrons. The van der Waals surface area contributed by atoms with E-state index in [9.17, 15) is 14.3 Å². The summed E-state index contributed by atoms with van der Waals surface area (Å²) in [4.78, 5) is 13.5. The number of carbonyl (C=O) groups is 1. The highest BCUT2D eigenvalue weighted by Crippen LogP contribution is 2.24.